The lowest BCUT2D eigenvalue weighted by molar-refractivity contribution is -0.140. The van der Waals surface area contributed by atoms with E-state index in [0.29, 0.717) is 0 Å². The summed E-state index contributed by atoms with van der Waals surface area (Å²) in [6.07, 6.45) is 0. The maximum Gasteiger partial charge on any atom is 0.308 e. The molecule has 1 rings (SSSR count). The molecule has 1 aromatic rings. The summed E-state index contributed by atoms with van der Waals surface area (Å²) in [4.78, 5) is 22.1. The van der Waals surface area contributed by atoms with Crippen LogP contribution in [-0.2, 0) is 4.79 Å². The summed E-state index contributed by atoms with van der Waals surface area (Å²) in [5, 5.41) is 29.7. The van der Waals surface area contributed by atoms with Gasteiger partial charge in [-0.3, -0.25) is 9.59 Å². The fraction of sp³-hybridized carbons (Fsp3) is 0.273. The number of carboxylic acids is 1. The van der Waals surface area contributed by atoms with Gasteiger partial charge in [0.15, 0.2) is 0 Å². The molecule has 0 spiro atoms. The van der Waals surface area contributed by atoms with Crippen LogP contribution in [0.3, 0.4) is 0 Å². The molecular weight excluding hydrogens is 226 g/mol. The molecule has 1 amide bonds. The normalized spacial score (nSPS) is 11.8. The van der Waals surface area contributed by atoms with Crippen LogP contribution in [0.25, 0.3) is 0 Å². The summed E-state index contributed by atoms with van der Waals surface area (Å²) in [7, 11) is 0. The van der Waals surface area contributed by atoms with Crippen LogP contribution in [0.2, 0.25) is 0 Å². The zero-order valence-electron chi connectivity index (χ0n) is 9.17. The number of nitrogens with one attached hydrogen (secondary N) is 1. The number of rotatable bonds is 4. The van der Waals surface area contributed by atoms with Crippen LogP contribution >= 0.6 is 0 Å². The molecule has 0 aromatic heterocycles. The number of amides is 1. The van der Waals surface area contributed by atoms with Gasteiger partial charge in [0.1, 0.15) is 17.1 Å². The molecule has 0 aliphatic heterocycles. The van der Waals surface area contributed by atoms with Crippen LogP contribution < -0.4 is 5.32 Å². The van der Waals surface area contributed by atoms with E-state index in [9.17, 15) is 19.8 Å². The fourth-order valence-electron chi connectivity index (χ4n) is 1.18. The van der Waals surface area contributed by atoms with Gasteiger partial charge in [0, 0.05) is 6.54 Å². The van der Waals surface area contributed by atoms with Crippen molar-refractivity contribution >= 4 is 11.9 Å². The highest BCUT2D eigenvalue weighted by Gasteiger charge is 2.18. The van der Waals surface area contributed by atoms with Crippen LogP contribution in [0.1, 0.15) is 17.3 Å². The third kappa shape index (κ3) is 3.10. The van der Waals surface area contributed by atoms with Crippen molar-refractivity contribution in [2.45, 2.75) is 6.92 Å². The van der Waals surface area contributed by atoms with E-state index >= 15 is 0 Å². The van der Waals surface area contributed by atoms with E-state index < -0.39 is 17.8 Å². The molecule has 4 N–H and O–H groups in total. The molecule has 1 unspecified atom stereocenters. The quantitative estimate of drug-likeness (QED) is 0.613. The Kier molecular flexibility index (Phi) is 3.92. The predicted octanol–water partition coefficient (Wildman–Crippen LogP) is 0.548. The molecule has 0 aliphatic rings. The van der Waals surface area contributed by atoms with Gasteiger partial charge >= 0.3 is 5.97 Å². The molecule has 1 atom stereocenters. The topological polar surface area (TPSA) is 107 Å². The molecule has 0 aliphatic carbocycles. The standard InChI is InChI=1S/C11H13NO5/c1-6(11(16)17)5-12-10(15)9-7(13)3-2-4-8(9)14/h2-4,6,13-14H,5H2,1H3,(H,12,15)(H,16,17). The summed E-state index contributed by atoms with van der Waals surface area (Å²) in [6, 6.07) is 3.91. The summed E-state index contributed by atoms with van der Waals surface area (Å²) in [6.45, 7) is 1.36. The number of hydrogen-bond donors (Lipinski definition) is 4. The summed E-state index contributed by atoms with van der Waals surface area (Å²) < 4.78 is 0. The Morgan fingerprint density at radius 3 is 2.29 bits per heavy atom. The van der Waals surface area contributed by atoms with E-state index in [0.717, 1.165) is 0 Å². The Hall–Kier alpha value is -2.24. The summed E-state index contributed by atoms with van der Waals surface area (Å²) in [5.41, 5.74) is -0.259. The number of phenols is 2. The molecule has 1 aromatic carbocycles. The Labute approximate surface area is 97.5 Å². The molecule has 17 heavy (non-hydrogen) atoms. The lowest BCUT2D eigenvalue weighted by Crippen LogP contribution is -2.31. The van der Waals surface area contributed by atoms with Gasteiger partial charge in [-0.25, -0.2) is 0 Å². The van der Waals surface area contributed by atoms with Gasteiger partial charge in [-0.1, -0.05) is 13.0 Å². The predicted molar refractivity (Wildman–Crippen MR) is 58.9 cm³/mol. The number of carbonyl (C=O) groups excluding carboxylic acids is 1. The Morgan fingerprint density at radius 2 is 1.82 bits per heavy atom. The van der Waals surface area contributed by atoms with Crippen molar-refractivity contribution in [1.82, 2.24) is 5.32 Å². The highest BCUT2D eigenvalue weighted by molar-refractivity contribution is 5.99. The lowest BCUT2D eigenvalue weighted by Gasteiger charge is -2.10. The number of benzene rings is 1. The van der Waals surface area contributed by atoms with E-state index in [1.54, 1.807) is 0 Å². The molecule has 0 bridgehead atoms. The van der Waals surface area contributed by atoms with Crippen LogP contribution in [0.5, 0.6) is 11.5 Å². The number of aliphatic carboxylic acids is 1. The van der Waals surface area contributed by atoms with Crippen molar-refractivity contribution in [3.05, 3.63) is 23.8 Å². The van der Waals surface area contributed by atoms with Crippen LogP contribution in [0.4, 0.5) is 0 Å². The average Bonchev–Trinajstić information content (AvgIpc) is 2.25. The largest absolute Gasteiger partial charge is 0.507 e. The van der Waals surface area contributed by atoms with E-state index in [4.69, 9.17) is 5.11 Å². The van der Waals surface area contributed by atoms with Gasteiger partial charge in [0.2, 0.25) is 0 Å². The maximum absolute atomic E-state index is 11.6. The monoisotopic (exact) mass is 239 g/mol. The first-order chi connectivity index (χ1) is 7.93. The lowest BCUT2D eigenvalue weighted by atomic mass is 10.1. The molecule has 92 valence electrons. The van der Waals surface area contributed by atoms with Crippen molar-refractivity contribution in [3.63, 3.8) is 0 Å². The van der Waals surface area contributed by atoms with E-state index in [1.165, 1.54) is 25.1 Å². The second kappa shape index (κ2) is 5.20. The number of carboxylic acid groups (broad SMARTS) is 1. The van der Waals surface area contributed by atoms with Gasteiger partial charge in [-0.15, -0.1) is 0 Å². The first-order valence-corrected chi connectivity index (χ1v) is 4.95. The van der Waals surface area contributed by atoms with Crippen LogP contribution in [0, 0.1) is 5.92 Å². The van der Waals surface area contributed by atoms with Gasteiger partial charge < -0.3 is 20.6 Å². The number of hydrogen-bond acceptors (Lipinski definition) is 4. The van der Waals surface area contributed by atoms with Gasteiger partial charge in [0.25, 0.3) is 5.91 Å². The van der Waals surface area contributed by atoms with Crippen molar-refractivity contribution in [1.29, 1.82) is 0 Å². The maximum atomic E-state index is 11.6. The minimum absolute atomic E-state index is 0.0814. The molecule has 0 saturated heterocycles. The van der Waals surface area contributed by atoms with Crippen molar-refractivity contribution in [2.75, 3.05) is 6.54 Å². The van der Waals surface area contributed by atoms with Crippen LogP contribution in [-0.4, -0.2) is 33.7 Å². The number of phenolic OH excluding ortho intramolecular Hbond substituents is 2. The van der Waals surface area contributed by atoms with E-state index in [2.05, 4.69) is 5.32 Å². The molecule has 6 heteroatoms. The van der Waals surface area contributed by atoms with Gasteiger partial charge in [-0.2, -0.15) is 0 Å². The fourth-order valence-corrected chi connectivity index (χ4v) is 1.18. The molecule has 0 heterocycles. The van der Waals surface area contributed by atoms with E-state index in [1.807, 2.05) is 0 Å². The zero-order valence-corrected chi connectivity index (χ0v) is 9.17. The molecule has 0 fully saturated rings. The Bertz CT molecular complexity index is 423. The highest BCUT2D eigenvalue weighted by Crippen LogP contribution is 2.25. The Balaban J connectivity index is 2.74. The van der Waals surface area contributed by atoms with E-state index in [-0.39, 0.29) is 23.6 Å². The third-order valence-electron chi connectivity index (χ3n) is 2.24. The highest BCUT2D eigenvalue weighted by atomic mass is 16.4. The Morgan fingerprint density at radius 1 is 1.29 bits per heavy atom. The van der Waals surface area contributed by atoms with Gasteiger partial charge in [0.05, 0.1) is 5.92 Å². The van der Waals surface area contributed by atoms with Gasteiger partial charge in [-0.05, 0) is 12.1 Å². The molecule has 6 nitrogen and oxygen atoms in total. The second-order valence-corrected chi connectivity index (χ2v) is 3.62. The summed E-state index contributed by atoms with van der Waals surface area (Å²) in [5.74, 6) is -3.21. The zero-order chi connectivity index (χ0) is 13.0. The molecule has 0 radical (unpaired) electrons. The van der Waals surface area contributed by atoms with Crippen molar-refractivity contribution < 1.29 is 24.9 Å². The third-order valence-corrected chi connectivity index (χ3v) is 2.24. The first kappa shape index (κ1) is 12.8. The average molecular weight is 239 g/mol. The van der Waals surface area contributed by atoms with Crippen molar-refractivity contribution in [3.8, 4) is 11.5 Å². The smallest absolute Gasteiger partial charge is 0.308 e. The number of carbonyl (C=O) groups is 2. The second-order valence-electron chi connectivity index (χ2n) is 3.62. The minimum Gasteiger partial charge on any atom is -0.507 e. The first-order valence-electron chi connectivity index (χ1n) is 4.95. The summed E-state index contributed by atoms with van der Waals surface area (Å²) >= 11 is 0. The number of aromatic hydroxyl groups is 2. The minimum atomic E-state index is -1.04. The molecule has 0 saturated carbocycles. The van der Waals surface area contributed by atoms with Crippen LogP contribution in [0.15, 0.2) is 18.2 Å². The SMILES string of the molecule is CC(CNC(=O)c1c(O)cccc1O)C(=O)O. The molecular formula is C11H13NO5. The van der Waals surface area contributed by atoms with Crippen molar-refractivity contribution in [2.24, 2.45) is 5.92 Å².